The van der Waals surface area contributed by atoms with Crippen molar-refractivity contribution in [1.29, 1.82) is 0 Å². The smallest absolute Gasteiger partial charge is 0.331 e. The van der Waals surface area contributed by atoms with E-state index >= 15 is 0 Å². The Labute approximate surface area is 162 Å². The van der Waals surface area contributed by atoms with Crippen LogP contribution >= 0.6 is 0 Å². The summed E-state index contributed by atoms with van der Waals surface area (Å²) in [4.78, 5) is 70.2. The van der Waals surface area contributed by atoms with Crippen molar-refractivity contribution in [3.05, 3.63) is 24.3 Å². The van der Waals surface area contributed by atoms with Crippen molar-refractivity contribution in [3.63, 3.8) is 0 Å². The van der Waals surface area contributed by atoms with E-state index in [1.165, 1.54) is 13.8 Å². The van der Waals surface area contributed by atoms with E-state index in [1.54, 1.807) is 0 Å². The van der Waals surface area contributed by atoms with Gasteiger partial charge >= 0.3 is 11.9 Å². The zero-order valence-electron chi connectivity index (χ0n) is 16.0. The minimum atomic E-state index is -0.804. The Morgan fingerprint density at radius 3 is 1.43 bits per heavy atom. The molecule has 1 heterocycles. The Morgan fingerprint density at radius 2 is 1.11 bits per heavy atom. The van der Waals surface area contributed by atoms with Crippen molar-refractivity contribution in [2.24, 2.45) is 0 Å². The first-order valence-electron chi connectivity index (χ1n) is 8.97. The normalized spacial score (nSPS) is 24.8. The van der Waals surface area contributed by atoms with Gasteiger partial charge in [-0.25, -0.2) is 9.59 Å². The first-order valence-corrected chi connectivity index (χ1v) is 8.97. The van der Waals surface area contributed by atoms with Crippen LogP contribution in [-0.2, 0) is 38.2 Å². The van der Waals surface area contributed by atoms with Gasteiger partial charge in [0.25, 0.3) is 0 Å². The van der Waals surface area contributed by atoms with Gasteiger partial charge in [0, 0.05) is 37.8 Å². The summed E-state index contributed by atoms with van der Waals surface area (Å²) in [5.74, 6) is -2.81. The van der Waals surface area contributed by atoms with E-state index in [9.17, 15) is 28.8 Å². The molecule has 0 amide bonds. The summed E-state index contributed by atoms with van der Waals surface area (Å²) in [6.07, 6.45) is 2.36. The number of allylic oxidation sites excluding steroid dienone is 2. The number of carbonyl (C=O) groups excluding carboxylic acids is 6. The number of ether oxygens (including phenoxy) is 2. The molecule has 0 radical (unpaired) electrons. The Morgan fingerprint density at radius 1 is 0.750 bits per heavy atom. The largest absolute Gasteiger partial charge is 0.459 e. The molecule has 1 rings (SSSR count). The number of rotatable bonds is 4. The van der Waals surface area contributed by atoms with Crippen LogP contribution in [-0.4, -0.2) is 47.3 Å². The van der Waals surface area contributed by atoms with Crippen LogP contribution in [0.4, 0.5) is 0 Å². The molecular formula is C20H24O8. The highest BCUT2D eigenvalue weighted by molar-refractivity contribution is 5.97. The molecule has 152 valence electrons. The monoisotopic (exact) mass is 392 g/mol. The average Bonchev–Trinajstić information content (AvgIpc) is 2.59. The summed E-state index contributed by atoms with van der Waals surface area (Å²) in [5.41, 5.74) is 0. The van der Waals surface area contributed by atoms with Crippen LogP contribution in [0.2, 0.25) is 0 Å². The highest BCUT2D eigenvalue weighted by atomic mass is 16.5. The fourth-order valence-corrected chi connectivity index (χ4v) is 2.55. The molecule has 2 atom stereocenters. The van der Waals surface area contributed by atoms with Crippen LogP contribution in [0, 0.1) is 0 Å². The lowest BCUT2D eigenvalue weighted by atomic mass is 10.1. The SMILES string of the molecule is CC(=O)C[C@@H]1CCC(=O)/C=C/C(=O)O[C@H](CC(C)=O)CCC(=O)/C=C/C(=O)O1. The van der Waals surface area contributed by atoms with Gasteiger partial charge < -0.3 is 9.47 Å². The predicted octanol–water partition coefficient (Wildman–Crippen LogP) is 1.59. The van der Waals surface area contributed by atoms with E-state index in [1.807, 2.05) is 0 Å². The highest BCUT2D eigenvalue weighted by Crippen LogP contribution is 2.12. The molecule has 0 spiro atoms. The molecule has 0 aliphatic carbocycles. The quantitative estimate of drug-likeness (QED) is 0.661. The van der Waals surface area contributed by atoms with Gasteiger partial charge in [-0.1, -0.05) is 0 Å². The molecule has 0 aromatic rings. The lowest BCUT2D eigenvalue weighted by Crippen LogP contribution is -2.22. The number of cyclic esters (lactones) is 2. The maximum Gasteiger partial charge on any atom is 0.331 e. The standard InChI is InChI=1S/C20H24O8/c1-13(21)11-17-7-3-15(23)6-10-20(26)28-18(12-14(2)22)8-4-16(24)5-9-19(25)27-17/h5-6,9-10,17-18H,3-4,7-8,11-12H2,1-2H3/b9-5+,10-6+/t17-,18-/m0/s1. The first-order chi connectivity index (χ1) is 13.2. The van der Waals surface area contributed by atoms with E-state index in [-0.39, 0.29) is 50.1 Å². The maximum atomic E-state index is 11.9. The first kappa shape index (κ1) is 23.1. The highest BCUT2D eigenvalue weighted by Gasteiger charge is 2.19. The van der Waals surface area contributed by atoms with E-state index < -0.39 is 35.7 Å². The molecule has 28 heavy (non-hydrogen) atoms. The molecule has 0 aromatic carbocycles. The number of carbonyl (C=O) groups is 6. The fourth-order valence-electron chi connectivity index (χ4n) is 2.55. The van der Waals surface area contributed by atoms with Crippen molar-refractivity contribution in [2.75, 3.05) is 0 Å². The predicted molar refractivity (Wildman–Crippen MR) is 97.1 cm³/mol. The molecule has 0 bridgehead atoms. The molecule has 0 unspecified atom stereocenters. The Balaban J connectivity index is 2.95. The fraction of sp³-hybridized carbons (Fsp3) is 0.500. The molecule has 0 saturated carbocycles. The molecule has 0 N–H and O–H groups in total. The second-order valence-corrected chi connectivity index (χ2v) is 6.61. The van der Waals surface area contributed by atoms with Crippen molar-refractivity contribution in [1.82, 2.24) is 0 Å². The Bertz CT molecular complexity index is 641. The van der Waals surface area contributed by atoms with Crippen LogP contribution in [0.3, 0.4) is 0 Å². The molecule has 1 aliphatic heterocycles. The van der Waals surface area contributed by atoms with Crippen molar-refractivity contribution in [3.8, 4) is 0 Å². The molecule has 8 nitrogen and oxygen atoms in total. The lowest BCUT2D eigenvalue weighted by molar-refractivity contribution is -0.145. The molecule has 0 saturated heterocycles. The zero-order chi connectivity index (χ0) is 21.1. The summed E-state index contributed by atoms with van der Waals surface area (Å²) >= 11 is 0. The molecular weight excluding hydrogens is 368 g/mol. The van der Waals surface area contributed by atoms with Crippen LogP contribution in [0.15, 0.2) is 24.3 Å². The Kier molecular flexibility index (Phi) is 9.70. The van der Waals surface area contributed by atoms with E-state index in [0.29, 0.717) is 0 Å². The van der Waals surface area contributed by atoms with Crippen LogP contribution in [0.1, 0.15) is 52.4 Å². The second kappa shape index (κ2) is 11.7. The summed E-state index contributed by atoms with van der Waals surface area (Å²) < 4.78 is 10.3. The van der Waals surface area contributed by atoms with Crippen LogP contribution < -0.4 is 0 Å². The third-order valence-electron chi connectivity index (χ3n) is 3.83. The third kappa shape index (κ3) is 10.3. The van der Waals surface area contributed by atoms with Gasteiger partial charge in [-0.3, -0.25) is 19.2 Å². The Hall–Kier alpha value is -2.90. The lowest BCUT2D eigenvalue weighted by Gasteiger charge is -2.16. The van der Waals surface area contributed by atoms with Gasteiger partial charge in [0.2, 0.25) is 0 Å². The van der Waals surface area contributed by atoms with E-state index in [4.69, 9.17) is 9.47 Å². The number of hydrogen-bond acceptors (Lipinski definition) is 8. The van der Waals surface area contributed by atoms with Crippen LogP contribution in [0.25, 0.3) is 0 Å². The van der Waals surface area contributed by atoms with E-state index in [2.05, 4.69) is 0 Å². The third-order valence-corrected chi connectivity index (χ3v) is 3.83. The van der Waals surface area contributed by atoms with Gasteiger partial charge in [-0.2, -0.15) is 0 Å². The topological polar surface area (TPSA) is 121 Å². The number of Topliss-reactive ketones (excluding diaryl/α,β-unsaturated/α-hetero) is 2. The minimum Gasteiger partial charge on any atom is -0.459 e. The van der Waals surface area contributed by atoms with Crippen molar-refractivity contribution in [2.45, 2.75) is 64.6 Å². The van der Waals surface area contributed by atoms with Crippen molar-refractivity contribution >= 4 is 35.1 Å². The minimum absolute atomic E-state index is 0.0471. The summed E-state index contributed by atoms with van der Waals surface area (Å²) in [7, 11) is 0. The van der Waals surface area contributed by atoms with Gasteiger partial charge in [0.15, 0.2) is 11.6 Å². The zero-order valence-corrected chi connectivity index (χ0v) is 16.0. The molecule has 0 fully saturated rings. The van der Waals surface area contributed by atoms with Crippen LogP contribution in [0.5, 0.6) is 0 Å². The van der Waals surface area contributed by atoms with Crippen molar-refractivity contribution < 1.29 is 38.2 Å². The van der Waals surface area contributed by atoms with Gasteiger partial charge in [0.05, 0.1) is 0 Å². The molecule has 1 aliphatic rings. The van der Waals surface area contributed by atoms with Gasteiger partial charge in [-0.05, 0) is 38.8 Å². The summed E-state index contributed by atoms with van der Waals surface area (Å²) in [6.45, 7) is 2.67. The number of hydrogen-bond donors (Lipinski definition) is 0. The number of ketones is 4. The van der Waals surface area contributed by atoms with E-state index in [0.717, 1.165) is 24.3 Å². The average molecular weight is 392 g/mol. The summed E-state index contributed by atoms with van der Waals surface area (Å²) in [6, 6.07) is 0. The number of esters is 2. The summed E-state index contributed by atoms with van der Waals surface area (Å²) in [5, 5.41) is 0. The molecule has 8 heteroatoms. The van der Waals surface area contributed by atoms with Gasteiger partial charge in [0.1, 0.15) is 23.8 Å². The van der Waals surface area contributed by atoms with Gasteiger partial charge in [-0.15, -0.1) is 0 Å². The second-order valence-electron chi connectivity index (χ2n) is 6.61. The maximum absolute atomic E-state index is 11.9. The molecule has 0 aromatic heterocycles.